The standard InChI is InChI=1S/C27H35N3O4/c1-2-33-24-13-7-8-14-25(24)34-21-15-17-30(18-16-21)19-26(31)29-23-12-6-5-11-22(23)27(32)28-20-9-3-4-10-20/h5-8,11-14,20-21H,2-4,9-10,15-19H2,1H3,(H,28,32)(H,29,31). The minimum atomic E-state index is -0.118. The van der Waals surface area contributed by atoms with Crippen molar-refractivity contribution in [3.63, 3.8) is 0 Å². The highest BCUT2D eigenvalue weighted by molar-refractivity contribution is 6.04. The first kappa shape index (κ1) is 24.1. The second-order valence-electron chi connectivity index (χ2n) is 9.02. The highest BCUT2D eigenvalue weighted by Crippen LogP contribution is 2.29. The van der Waals surface area contributed by atoms with Crippen molar-refractivity contribution in [3.05, 3.63) is 54.1 Å². The lowest BCUT2D eigenvalue weighted by molar-refractivity contribution is -0.117. The molecule has 2 N–H and O–H groups in total. The Bertz CT molecular complexity index is 966. The summed E-state index contributed by atoms with van der Waals surface area (Å²) in [7, 11) is 0. The second-order valence-corrected chi connectivity index (χ2v) is 9.02. The Balaban J connectivity index is 1.26. The van der Waals surface area contributed by atoms with Crippen LogP contribution in [0.15, 0.2) is 48.5 Å². The molecule has 2 amide bonds. The highest BCUT2D eigenvalue weighted by Gasteiger charge is 2.24. The Hall–Kier alpha value is -3.06. The number of carbonyl (C=O) groups excluding carboxylic acids is 2. The molecule has 7 nitrogen and oxygen atoms in total. The third kappa shape index (κ3) is 6.50. The van der Waals surface area contributed by atoms with Crippen molar-refractivity contribution < 1.29 is 19.1 Å². The summed E-state index contributed by atoms with van der Waals surface area (Å²) in [6, 6.07) is 15.2. The molecule has 2 aromatic rings. The number of nitrogens with one attached hydrogen (secondary N) is 2. The minimum absolute atomic E-state index is 0.0981. The van der Waals surface area contributed by atoms with E-state index < -0.39 is 0 Å². The molecule has 0 radical (unpaired) electrons. The van der Waals surface area contributed by atoms with Crippen molar-refractivity contribution in [1.82, 2.24) is 10.2 Å². The van der Waals surface area contributed by atoms with Gasteiger partial charge in [-0.3, -0.25) is 14.5 Å². The number of para-hydroxylation sites is 3. The van der Waals surface area contributed by atoms with Gasteiger partial charge in [0, 0.05) is 19.1 Å². The predicted octanol–water partition coefficient (Wildman–Crippen LogP) is 4.24. The number of nitrogens with zero attached hydrogens (tertiary/aromatic N) is 1. The number of likely N-dealkylation sites (tertiary alicyclic amines) is 1. The zero-order chi connectivity index (χ0) is 23.8. The Kier molecular flexibility index (Phi) is 8.41. The maximum Gasteiger partial charge on any atom is 0.253 e. The quantitative estimate of drug-likeness (QED) is 0.579. The molecule has 0 spiro atoms. The summed E-state index contributed by atoms with van der Waals surface area (Å²) >= 11 is 0. The van der Waals surface area contributed by atoms with Crippen LogP contribution in [0.1, 0.15) is 55.8 Å². The first-order valence-corrected chi connectivity index (χ1v) is 12.4. The van der Waals surface area contributed by atoms with Crippen LogP contribution in [0.5, 0.6) is 11.5 Å². The number of hydrogen-bond donors (Lipinski definition) is 2. The van der Waals surface area contributed by atoms with E-state index in [4.69, 9.17) is 9.47 Å². The van der Waals surface area contributed by atoms with Gasteiger partial charge >= 0.3 is 0 Å². The minimum Gasteiger partial charge on any atom is -0.490 e. The van der Waals surface area contributed by atoms with Gasteiger partial charge in [0.25, 0.3) is 5.91 Å². The fourth-order valence-corrected chi connectivity index (χ4v) is 4.70. The summed E-state index contributed by atoms with van der Waals surface area (Å²) in [5, 5.41) is 6.05. The van der Waals surface area contributed by atoms with Crippen molar-refractivity contribution in [1.29, 1.82) is 0 Å². The average molecular weight is 466 g/mol. The summed E-state index contributed by atoms with van der Waals surface area (Å²) in [5.74, 6) is 1.31. The van der Waals surface area contributed by atoms with E-state index in [-0.39, 0.29) is 24.0 Å². The Morgan fingerprint density at radius 3 is 2.35 bits per heavy atom. The van der Waals surface area contributed by atoms with Crippen LogP contribution in [0.4, 0.5) is 5.69 Å². The van der Waals surface area contributed by atoms with Gasteiger partial charge in [-0.15, -0.1) is 0 Å². The first-order chi connectivity index (χ1) is 16.6. The molecule has 2 fully saturated rings. The fourth-order valence-electron chi connectivity index (χ4n) is 4.70. The molecule has 4 rings (SSSR count). The van der Waals surface area contributed by atoms with Gasteiger partial charge in [0.05, 0.1) is 24.4 Å². The van der Waals surface area contributed by atoms with Crippen LogP contribution in [0.2, 0.25) is 0 Å². The largest absolute Gasteiger partial charge is 0.490 e. The Labute approximate surface area is 201 Å². The smallest absolute Gasteiger partial charge is 0.253 e. The van der Waals surface area contributed by atoms with Gasteiger partial charge in [0.2, 0.25) is 5.91 Å². The molecule has 1 heterocycles. The van der Waals surface area contributed by atoms with Crippen molar-refractivity contribution in [3.8, 4) is 11.5 Å². The molecule has 2 aliphatic rings. The fraction of sp³-hybridized carbons (Fsp3) is 0.481. The van der Waals surface area contributed by atoms with Crippen LogP contribution < -0.4 is 20.1 Å². The molecular formula is C27H35N3O4. The number of ether oxygens (including phenoxy) is 2. The molecule has 1 aliphatic heterocycles. The molecule has 34 heavy (non-hydrogen) atoms. The van der Waals surface area contributed by atoms with Crippen LogP contribution in [0, 0.1) is 0 Å². The number of piperidine rings is 1. The number of amides is 2. The average Bonchev–Trinajstić information content (AvgIpc) is 3.35. The molecular weight excluding hydrogens is 430 g/mol. The molecule has 0 unspecified atom stereocenters. The summed E-state index contributed by atoms with van der Waals surface area (Å²) in [6.45, 7) is 4.40. The van der Waals surface area contributed by atoms with Crippen LogP contribution in [-0.4, -0.2) is 55.1 Å². The van der Waals surface area contributed by atoms with Gasteiger partial charge in [-0.25, -0.2) is 0 Å². The van der Waals surface area contributed by atoms with Crippen molar-refractivity contribution in [2.45, 2.75) is 57.6 Å². The molecule has 0 bridgehead atoms. The first-order valence-electron chi connectivity index (χ1n) is 12.4. The normalized spacial score (nSPS) is 17.3. The van der Waals surface area contributed by atoms with E-state index in [1.54, 1.807) is 12.1 Å². The molecule has 7 heteroatoms. The van der Waals surface area contributed by atoms with Gasteiger partial charge in [-0.05, 0) is 56.9 Å². The van der Waals surface area contributed by atoms with Gasteiger partial charge in [-0.1, -0.05) is 37.1 Å². The lowest BCUT2D eigenvalue weighted by atomic mass is 10.1. The second kappa shape index (κ2) is 11.9. The number of hydrogen-bond acceptors (Lipinski definition) is 5. The molecule has 1 saturated carbocycles. The van der Waals surface area contributed by atoms with Gasteiger partial charge in [0.15, 0.2) is 11.5 Å². The van der Waals surface area contributed by atoms with E-state index in [1.165, 1.54) is 0 Å². The van der Waals surface area contributed by atoms with Gasteiger partial charge < -0.3 is 20.1 Å². The summed E-state index contributed by atoms with van der Waals surface area (Å²) in [5.41, 5.74) is 1.08. The van der Waals surface area contributed by atoms with Crippen LogP contribution >= 0.6 is 0 Å². The van der Waals surface area contributed by atoms with E-state index in [2.05, 4.69) is 15.5 Å². The van der Waals surface area contributed by atoms with Crippen molar-refractivity contribution in [2.24, 2.45) is 0 Å². The molecule has 182 valence electrons. The molecule has 1 aliphatic carbocycles. The van der Waals surface area contributed by atoms with E-state index in [1.807, 2.05) is 43.3 Å². The Morgan fingerprint density at radius 2 is 1.62 bits per heavy atom. The molecule has 0 aromatic heterocycles. The van der Waals surface area contributed by atoms with Crippen LogP contribution in [0.25, 0.3) is 0 Å². The highest BCUT2D eigenvalue weighted by atomic mass is 16.5. The Morgan fingerprint density at radius 1 is 0.941 bits per heavy atom. The summed E-state index contributed by atoms with van der Waals surface area (Å²) < 4.78 is 11.8. The third-order valence-electron chi connectivity index (χ3n) is 6.48. The number of benzene rings is 2. The lowest BCUT2D eigenvalue weighted by Gasteiger charge is -2.32. The van der Waals surface area contributed by atoms with E-state index in [0.717, 1.165) is 63.1 Å². The predicted molar refractivity (Wildman–Crippen MR) is 132 cm³/mol. The van der Waals surface area contributed by atoms with Crippen LogP contribution in [0.3, 0.4) is 0 Å². The molecule has 2 aromatic carbocycles. The van der Waals surface area contributed by atoms with E-state index in [0.29, 0.717) is 24.4 Å². The topological polar surface area (TPSA) is 79.9 Å². The molecule has 0 atom stereocenters. The number of carbonyl (C=O) groups is 2. The lowest BCUT2D eigenvalue weighted by Crippen LogP contribution is -2.42. The van der Waals surface area contributed by atoms with E-state index in [9.17, 15) is 9.59 Å². The van der Waals surface area contributed by atoms with Gasteiger partial charge in [0.1, 0.15) is 6.10 Å². The van der Waals surface area contributed by atoms with Crippen molar-refractivity contribution in [2.75, 3.05) is 31.6 Å². The van der Waals surface area contributed by atoms with Gasteiger partial charge in [-0.2, -0.15) is 0 Å². The SMILES string of the molecule is CCOc1ccccc1OC1CCN(CC(=O)Nc2ccccc2C(=O)NC2CCCC2)CC1. The zero-order valence-corrected chi connectivity index (χ0v) is 19.9. The monoisotopic (exact) mass is 465 g/mol. The zero-order valence-electron chi connectivity index (χ0n) is 19.9. The summed E-state index contributed by atoms with van der Waals surface area (Å²) in [4.78, 5) is 27.6. The van der Waals surface area contributed by atoms with Crippen LogP contribution in [-0.2, 0) is 4.79 Å². The number of rotatable bonds is 9. The summed E-state index contributed by atoms with van der Waals surface area (Å²) in [6.07, 6.45) is 6.14. The van der Waals surface area contributed by atoms with E-state index >= 15 is 0 Å². The maximum absolute atomic E-state index is 12.8. The maximum atomic E-state index is 12.8. The number of anilines is 1. The molecule has 1 saturated heterocycles. The third-order valence-corrected chi connectivity index (χ3v) is 6.48. The van der Waals surface area contributed by atoms with Crippen molar-refractivity contribution >= 4 is 17.5 Å².